The van der Waals surface area contributed by atoms with Gasteiger partial charge in [0, 0.05) is 53.2 Å². The molecule has 1 aliphatic heterocycles. The Hall–Kier alpha value is -4.48. The number of hydrogen-bond donors (Lipinski definition) is 0. The molecule has 240 valence electrons. The summed E-state index contributed by atoms with van der Waals surface area (Å²) in [6, 6.07) is 19.6. The maximum absolute atomic E-state index is 15.7. The van der Waals surface area contributed by atoms with Gasteiger partial charge in [0.1, 0.15) is 29.9 Å². The van der Waals surface area contributed by atoms with E-state index in [1.807, 2.05) is 36.2 Å². The molecule has 1 fully saturated rings. The van der Waals surface area contributed by atoms with Crippen molar-refractivity contribution in [1.29, 1.82) is 5.26 Å². The van der Waals surface area contributed by atoms with Crippen molar-refractivity contribution in [3.8, 4) is 17.3 Å². The second-order valence-electron chi connectivity index (χ2n) is 11.1. The molecule has 9 nitrogen and oxygen atoms in total. The molecule has 0 bridgehead atoms. The molecular weight excluding hydrogens is 643 g/mol. The molecule has 1 saturated heterocycles. The van der Waals surface area contributed by atoms with Crippen molar-refractivity contribution in [3.63, 3.8) is 0 Å². The molecule has 0 saturated carbocycles. The van der Waals surface area contributed by atoms with E-state index in [9.17, 15) is 14.4 Å². The zero-order valence-electron chi connectivity index (χ0n) is 25.4. The number of esters is 1. The van der Waals surface area contributed by atoms with E-state index in [-0.39, 0.29) is 12.1 Å². The Morgan fingerprint density at radius 1 is 1.13 bits per heavy atom. The average molecular weight is 673 g/mol. The minimum absolute atomic E-state index is 0.0394. The molecule has 3 heterocycles. The fourth-order valence-electron chi connectivity index (χ4n) is 5.48. The highest BCUT2D eigenvalue weighted by Crippen LogP contribution is 2.44. The van der Waals surface area contributed by atoms with Crippen LogP contribution in [0.1, 0.15) is 44.9 Å². The number of thioether (sulfide) groups is 1. The van der Waals surface area contributed by atoms with Crippen molar-refractivity contribution in [3.05, 3.63) is 124 Å². The molecule has 0 amide bonds. The molecule has 0 unspecified atom stereocenters. The topological polar surface area (TPSA) is 106 Å². The van der Waals surface area contributed by atoms with Crippen molar-refractivity contribution >= 4 is 29.1 Å². The largest absolute Gasteiger partial charge is 0.435 e. The molecule has 5 aromatic rings. The molecule has 2 aromatic heterocycles. The summed E-state index contributed by atoms with van der Waals surface area (Å²) < 4.78 is 43.3. The van der Waals surface area contributed by atoms with E-state index in [2.05, 4.69) is 21.1 Å². The quantitative estimate of drug-likeness (QED) is 0.107. The highest BCUT2D eigenvalue weighted by atomic mass is 32.2. The summed E-state index contributed by atoms with van der Waals surface area (Å²) in [5.74, 6) is -0.728. The van der Waals surface area contributed by atoms with Crippen LogP contribution < -0.4 is 0 Å². The lowest BCUT2D eigenvalue weighted by molar-refractivity contribution is -0.148. The van der Waals surface area contributed by atoms with Crippen LogP contribution in [0.4, 0.5) is 8.78 Å². The molecule has 0 aliphatic carbocycles. The monoisotopic (exact) mass is 672 g/mol. The SMILES string of the molecule is C[C@@H](c1nc(-c2ccc(C#N)cc2)cs1)[C@@](Cn1cncn1)(OCOC(=O)c1ccc(CN2CCSC2)cc1)c1ccc(F)cc1F. The molecule has 1 aliphatic rings. The molecule has 0 spiro atoms. The van der Waals surface area contributed by atoms with Gasteiger partial charge in [-0.05, 0) is 35.9 Å². The van der Waals surface area contributed by atoms with Crippen molar-refractivity contribution < 1.29 is 23.0 Å². The Morgan fingerprint density at radius 2 is 1.94 bits per heavy atom. The summed E-state index contributed by atoms with van der Waals surface area (Å²) in [7, 11) is 0. The Balaban J connectivity index is 1.28. The number of carbonyl (C=O) groups excluding carboxylic acids is 1. The molecule has 13 heteroatoms. The smallest absolute Gasteiger partial charge is 0.340 e. The number of halogens is 2. The lowest BCUT2D eigenvalue weighted by atomic mass is 9.81. The standard InChI is InChI=1S/C34H30F2N6O3S2/c1-23(32-40-31(17-47-32)26-6-2-24(15-37)3-7-26)34(18-42-20-38-19-39-42,29-11-10-28(35)14-30(29)36)45-22-44-33(43)27-8-4-25(5-9-27)16-41-12-13-46-21-41/h2-11,14,17,19-20,23H,12-13,16,18,21-22H2,1H3/t23-,34+/m0/s1. The summed E-state index contributed by atoms with van der Waals surface area (Å²) in [5, 5.41) is 15.8. The highest BCUT2D eigenvalue weighted by molar-refractivity contribution is 7.99. The summed E-state index contributed by atoms with van der Waals surface area (Å²) in [5.41, 5.74) is 1.90. The number of hydrogen-bond acceptors (Lipinski definition) is 10. The summed E-state index contributed by atoms with van der Waals surface area (Å²) >= 11 is 3.24. The highest BCUT2D eigenvalue weighted by Gasteiger charge is 2.45. The van der Waals surface area contributed by atoms with Crippen LogP contribution in [-0.2, 0) is 28.2 Å². The fourth-order valence-corrected chi connectivity index (χ4v) is 7.44. The van der Waals surface area contributed by atoms with Gasteiger partial charge in [0.25, 0.3) is 0 Å². The number of carbonyl (C=O) groups is 1. The van der Waals surface area contributed by atoms with Crippen LogP contribution in [0.2, 0.25) is 0 Å². The van der Waals surface area contributed by atoms with Crippen LogP contribution in [-0.4, -0.2) is 55.6 Å². The summed E-state index contributed by atoms with van der Waals surface area (Å²) in [6.45, 7) is 3.08. The number of benzene rings is 3. The summed E-state index contributed by atoms with van der Waals surface area (Å²) in [4.78, 5) is 24.3. The number of rotatable bonds is 12. The number of nitriles is 1. The first-order valence-electron chi connectivity index (χ1n) is 14.8. The van der Waals surface area contributed by atoms with Gasteiger partial charge in [-0.1, -0.05) is 37.3 Å². The fraction of sp³-hybridized carbons (Fsp3) is 0.265. The van der Waals surface area contributed by atoms with E-state index in [0.717, 1.165) is 48.0 Å². The number of nitrogens with zero attached hydrogens (tertiary/aromatic N) is 6. The van der Waals surface area contributed by atoms with Crippen LogP contribution in [0.5, 0.6) is 0 Å². The van der Waals surface area contributed by atoms with E-state index in [4.69, 9.17) is 14.5 Å². The third-order valence-electron chi connectivity index (χ3n) is 8.08. The van der Waals surface area contributed by atoms with Gasteiger partial charge >= 0.3 is 5.97 Å². The molecule has 6 rings (SSSR count). The number of aromatic nitrogens is 4. The van der Waals surface area contributed by atoms with Gasteiger partial charge in [-0.15, -0.1) is 23.1 Å². The maximum Gasteiger partial charge on any atom is 0.340 e. The Labute approximate surface area is 278 Å². The molecular formula is C34H30F2N6O3S2. The Bertz CT molecular complexity index is 1860. The van der Waals surface area contributed by atoms with Crippen LogP contribution in [0.15, 0.2) is 84.8 Å². The minimum Gasteiger partial charge on any atom is -0.435 e. The first kappa shape index (κ1) is 32.5. The van der Waals surface area contributed by atoms with Gasteiger partial charge in [-0.2, -0.15) is 10.4 Å². The minimum atomic E-state index is -1.57. The van der Waals surface area contributed by atoms with E-state index in [1.165, 1.54) is 34.7 Å². The van der Waals surface area contributed by atoms with E-state index in [1.54, 1.807) is 36.4 Å². The van der Waals surface area contributed by atoms with Crippen molar-refractivity contribution in [2.75, 3.05) is 25.0 Å². The molecule has 2 atom stereocenters. The van der Waals surface area contributed by atoms with Gasteiger partial charge in [-0.3, -0.25) is 4.90 Å². The van der Waals surface area contributed by atoms with Crippen LogP contribution >= 0.6 is 23.1 Å². The van der Waals surface area contributed by atoms with Gasteiger partial charge in [-0.25, -0.2) is 28.2 Å². The van der Waals surface area contributed by atoms with E-state index in [0.29, 0.717) is 21.8 Å². The van der Waals surface area contributed by atoms with E-state index < -0.39 is 35.9 Å². The predicted molar refractivity (Wildman–Crippen MR) is 174 cm³/mol. The third-order valence-corrected chi connectivity index (χ3v) is 10.1. The number of thiazole rings is 1. The van der Waals surface area contributed by atoms with Crippen molar-refractivity contribution in [2.24, 2.45) is 0 Å². The lowest BCUT2D eigenvalue weighted by Gasteiger charge is -2.38. The Kier molecular flexibility index (Phi) is 10.0. The van der Waals surface area contributed by atoms with Crippen LogP contribution in [0.3, 0.4) is 0 Å². The predicted octanol–water partition coefficient (Wildman–Crippen LogP) is 6.59. The van der Waals surface area contributed by atoms with Gasteiger partial charge in [0.15, 0.2) is 6.79 Å². The third kappa shape index (κ3) is 7.41. The second-order valence-corrected chi connectivity index (χ2v) is 13.0. The molecule has 47 heavy (non-hydrogen) atoms. The van der Waals surface area contributed by atoms with E-state index >= 15 is 4.39 Å². The first-order chi connectivity index (χ1) is 22.8. The second kappa shape index (κ2) is 14.5. The van der Waals surface area contributed by atoms with Crippen molar-refractivity contribution in [1.82, 2.24) is 24.6 Å². The molecule has 0 radical (unpaired) electrons. The summed E-state index contributed by atoms with van der Waals surface area (Å²) in [6.07, 6.45) is 2.81. The van der Waals surface area contributed by atoms with Gasteiger partial charge in [0.05, 0.1) is 34.4 Å². The zero-order valence-corrected chi connectivity index (χ0v) is 27.0. The van der Waals surface area contributed by atoms with Gasteiger partial charge < -0.3 is 9.47 Å². The average Bonchev–Trinajstić information content (AvgIpc) is 3.89. The van der Waals surface area contributed by atoms with Crippen LogP contribution in [0, 0.1) is 23.0 Å². The first-order valence-corrected chi connectivity index (χ1v) is 16.8. The molecule has 3 aromatic carbocycles. The van der Waals surface area contributed by atoms with Gasteiger partial charge in [0.2, 0.25) is 0 Å². The lowest BCUT2D eigenvalue weighted by Crippen LogP contribution is -2.42. The maximum atomic E-state index is 15.7. The van der Waals surface area contributed by atoms with Crippen molar-refractivity contribution in [2.45, 2.75) is 31.5 Å². The normalized spacial score (nSPS) is 15.2. The van der Waals surface area contributed by atoms with Crippen LogP contribution in [0.25, 0.3) is 11.3 Å². The zero-order chi connectivity index (χ0) is 32.8. The Morgan fingerprint density at radius 3 is 2.62 bits per heavy atom. The number of ether oxygens (including phenoxy) is 2. The molecule has 0 N–H and O–H groups in total.